The molecule has 0 aromatic carbocycles. The van der Waals surface area contributed by atoms with Crippen LogP contribution in [0, 0.1) is 11.8 Å². The molecular formula is C11H23N3O3S. The highest BCUT2D eigenvalue weighted by Gasteiger charge is 2.27. The van der Waals surface area contributed by atoms with E-state index in [1.165, 1.54) is 4.31 Å². The van der Waals surface area contributed by atoms with Gasteiger partial charge in [-0.2, -0.15) is 12.7 Å². The summed E-state index contributed by atoms with van der Waals surface area (Å²) < 4.78 is 33.5. The van der Waals surface area contributed by atoms with Crippen LogP contribution in [0.25, 0.3) is 0 Å². The van der Waals surface area contributed by atoms with E-state index >= 15 is 0 Å². The molecule has 2 fully saturated rings. The Morgan fingerprint density at radius 1 is 1.39 bits per heavy atom. The van der Waals surface area contributed by atoms with Gasteiger partial charge in [0.25, 0.3) is 10.2 Å². The van der Waals surface area contributed by atoms with Crippen LogP contribution in [0.1, 0.15) is 13.3 Å². The minimum Gasteiger partial charge on any atom is -0.379 e. The molecule has 2 aliphatic heterocycles. The lowest BCUT2D eigenvalue weighted by molar-refractivity contribution is 0.0723. The van der Waals surface area contributed by atoms with Gasteiger partial charge >= 0.3 is 0 Å². The van der Waals surface area contributed by atoms with Crippen LogP contribution in [0.5, 0.6) is 0 Å². The summed E-state index contributed by atoms with van der Waals surface area (Å²) in [5.74, 6) is 0.952. The highest BCUT2D eigenvalue weighted by atomic mass is 32.2. The summed E-state index contributed by atoms with van der Waals surface area (Å²) >= 11 is 0. The molecule has 2 saturated heterocycles. The van der Waals surface area contributed by atoms with E-state index in [1.54, 1.807) is 0 Å². The third-order valence-electron chi connectivity index (χ3n) is 3.80. The fraction of sp³-hybridized carbons (Fsp3) is 1.00. The molecule has 0 aromatic heterocycles. The van der Waals surface area contributed by atoms with Crippen molar-refractivity contribution in [2.45, 2.75) is 13.3 Å². The van der Waals surface area contributed by atoms with Crippen LogP contribution in [0.2, 0.25) is 0 Å². The molecule has 2 atom stereocenters. The van der Waals surface area contributed by atoms with Gasteiger partial charge in [0, 0.05) is 19.6 Å². The van der Waals surface area contributed by atoms with E-state index in [0.717, 1.165) is 19.5 Å². The summed E-state index contributed by atoms with van der Waals surface area (Å²) in [5.41, 5.74) is 0. The van der Waals surface area contributed by atoms with E-state index in [0.29, 0.717) is 44.7 Å². The molecule has 2 rings (SSSR count). The van der Waals surface area contributed by atoms with Gasteiger partial charge < -0.3 is 10.1 Å². The zero-order valence-corrected chi connectivity index (χ0v) is 11.7. The van der Waals surface area contributed by atoms with Crippen LogP contribution in [-0.2, 0) is 14.9 Å². The zero-order chi connectivity index (χ0) is 13.0. The first kappa shape index (κ1) is 14.2. The maximum Gasteiger partial charge on any atom is 0.279 e. The van der Waals surface area contributed by atoms with Crippen LogP contribution in [0.3, 0.4) is 0 Å². The van der Waals surface area contributed by atoms with E-state index in [-0.39, 0.29) is 0 Å². The van der Waals surface area contributed by atoms with Crippen LogP contribution in [0.15, 0.2) is 0 Å². The Labute approximate surface area is 109 Å². The summed E-state index contributed by atoms with van der Waals surface area (Å²) in [6, 6.07) is 0. The molecule has 2 unspecified atom stereocenters. The molecule has 2 aliphatic rings. The molecule has 0 aliphatic carbocycles. The molecule has 0 saturated carbocycles. The standard InChI is InChI=1S/C11H23N3O3S/c1-10-8-12-3-2-11(10)9-13-18(15,16)14-4-6-17-7-5-14/h10-13H,2-9H2,1H3. The minimum atomic E-state index is -3.32. The monoisotopic (exact) mass is 277 g/mol. The molecule has 0 aromatic rings. The van der Waals surface area contributed by atoms with Crippen molar-refractivity contribution in [2.75, 3.05) is 45.9 Å². The normalized spacial score (nSPS) is 31.4. The number of piperidine rings is 1. The number of nitrogens with zero attached hydrogens (tertiary/aromatic N) is 1. The van der Waals surface area contributed by atoms with Crippen LogP contribution in [0.4, 0.5) is 0 Å². The smallest absolute Gasteiger partial charge is 0.279 e. The Morgan fingerprint density at radius 3 is 2.78 bits per heavy atom. The average molecular weight is 277 g/mol. The predicted octanol–water partition coefficient (Wildman–Crippen LogP) is -0.601. The first-order valence-electron chi connectivity index (χ1n) is 6.63. The molecule has 18 heavy (non-hydrogen) atoms. The lowest BCUT2D eigenvalue weighted by atomic mass is 9.88. The number of rotatable bonds is 4. The summed E-state index contributed by atoms with van der Waals surface area (Å²) in [5, 5.41) is 3.32. The van der Waals surface area contributed by atoms with Gasteiger partial charge in [-0.15, -0.1) is 0 Å². The summed E-state index contributed by atoms with van der Waals surface area (Å²) in [6.45, 7) is 6.56. The van der Waals surface area contributed by atoms with Gasteiger partial charge in [0.1, 0.15) is 0 Å². The number of hydrogen-bond acceptors (Lipinski definition) is 4. The molecule has 6 nitrogen and oxygen atoms in total. The summed E-state index contributed by atoms with van der Waals surface area (Å²) in [7, 11) is -3.32. The maximum atomic E-state index is 12.1. The quantitative estimate of drug-likeness (QED) is 0.720. The van der Waals surface area contributed by atoms with Crippen molar-refractivity contribution in [2.24, 2.45) is 11.8 Å². The van der Waals surface area contributed by atoms with Gasteiger partial charge in [-0.1, -0.05) is 6.92 Å². The zero-order valence-electron chi connectivity index (χ0n) is 10.9. The average Bonchev–Trinajstić information content (AvgIpc) is 2.39. The van der Waals surface area contributed by atoms with E-state index in [9.17, 15) is 8.42 Å². The second kappa shape index (κ2) is 6.29. The summed E-state index contributed by atoms with van der Waals surface area (Å²) in [4.78, 5) is 0. The van der Waals surface area contributed by atoms with E-state index in [2.05, 4.69) is 17.0 Å². The van der Waals surface area contributed by atoms with Crippen molar-refractivity contribution in [3.63, 3.8) is 0 Å². The lowest BCUT2D eigenvalue weighted by Gasteiger charge is -2.31. The van der Waals surface area contributed by atoms with Crippen molar-refractivity contribution in [1.82, 2.24) is 14.3 Å². The number of ether oxygens (including phenoxy) is 1. The highest BCUT2D eigenvalue weighted by Crippen LogP contribution is 2.18. The van der Waals surface area contributed by atoms with Crippen molar-refractivity contribution in [3.05, 3.63) is 0 Å². The molecule has 2 N–H and O–H groups in total. The molecular weight excluding hydrogens is 254 g/mol. The van der Waals surface area contributed by atoms with Crippen molar-refractivity contribution >= 4 is 10.2 Å². The highest BCUT2D eigenvalue weighted by molar-refractivity contribution is 7.87. The molecule has 0 radical (unpaired) electrons. The molecule has 7 heteroatoms. The van der Waals surface area contributed by atoms with Gasteiger partial charge in [0.05, 0.1) is 13.2 Å². The van der Waals surface area contributed by atoms with Gasteiger partial charge in [0.15, 0.2) is 0 Å². The Bertz CT molecular complexity index is 355. The number of nitrogens with one attached hydrogen (secondary N) is 2. The van der Waals surface area contributed by atoms with E-state index in [4.69, 9.17) is 4.74 Å². The third-order valence-corrected chi connectivity index (χ3v) is 5.38. The fourth-order valence-corrected chi connectivity index (χ4v) is 3.70. The van der Waals surface area contributed by atoms with Crippen LogP contribution >= 0.6 is 0 Å². The Balaban J connectivity index is 1.84. The molecule has 0 amide bonds. The van der Waals surface area contributed by atoms with Crippen molar-refractivity contribution in [1.29, 1.82) is 0 Å². The first-order chi connectivity index (χ1) is 8.59. The lowest BCUT2D eigenvalue weighted by Crippen LogP contribution is -2.49. The Hall–Kier alpha value is -0.210. The van der Waals surface area contributed by atoms with Crippen LogP contribution in [-0.4, -0.2) is 58.7 Å². The maximum absolute atomic E-state index is 12.1. The second-order valence-electron chi connectivity index (χ2n) is 5.10. The van der Waals surface area contributed by atoms with E-state index < -0.39 is 10.2 Å². The molecule has 0 spiro atoms. The predicted molar refractivity (Wildman–Crippen MR) is 69.5 cm³/mol. The number of morpholine rings is 1. The topological polar surface area (TPSA) is 70.7 Å². The second-order valence-corrected chi connectivity index (χ2v) is 6.85. The third kappa shape index (κ3) is 3.64. The molecule has 0 bridgehead atoms. The van der Waals surface area contributed by atoms with Gasteiger partial charge in [-0.3, -0.25) is 0 Å². The number of hydrogen-bond donors (Lipinski definition) is 2. The first-order valence-corrected chi connectivity index (χ1v) is 8.07. The minimum absolute atomic E-state index is 0.432. The molecule has 106 valence electrons. The fourth-order valence-electron chi connectivity index (χ4n) is 2.46. The Kier molecular flexibility index (Phi) is 4.97. The summed E-state index contributed by atoms with van der Waals surface area (Å²) in [6.07, 6.45) is 1.03. The molecule has 2 heterocycles. The van der Waals surface area contributed by atoms with Crippen LogP contribution < -0.4 is 10.0 Å². The SMILES string of the molecule is CC1CNCCC1CNS(=O)(=O)N1CCOCC1. The van der Waals surface area contributed by atoms with E-state index in [1.807, 2.05) is 0 Å². The van der Waals surface area contributed by atoms with Crippen molar-refractivity contribution in [3.8, 4) is 0 Å². The van der Waals surface area contributed by atoms with Gasteiger partial charge in [-0.05, 0) is 31.3 Å². The van der Waals surface area contributed by atoms with Gasteiger partial charge in [-0.25, -0.2) is 4.72 Å². The van der Waals surface area contributed by atoms with Crippen molar-refractivity contribution < 1.29 is 13.2 Å². The van der Waals surface area contributed by atoms with Gasteiger partial charge in [0.2, 0.25) is 0 Å². The largest absolute Gasteiger partial charge is 0.379 e. The Morgan fingerprint density at radius 2 is 2.11 bits per heavy atom.